The fourth-order valence-corrected chi connectivity index (χ4v) is 4.01. The Balaban J connectivity index is 1.51. The predicted octanol–water partition coefficient (Wildman–Crippen LogP) is 3.54. The van der Waals surface area contributed by atoms with Gasteiger partial charge in [-0.2, -0.15) is 0 Å². The summed E-state index contributed by atoms with van der Waals surface area (Å²) < 4.78 is 5.79. The van der Waals surface area contributed by atoms with Crippen molar-refractivity contribution in [3.8, 4) is 11.5 Å². The molecule has 0 fully saturated rings. The van der Waals surface area contributed by atoms with Crippen molar-refractivity contribution in [2.45, 2.75) is 19.0 Å². The molecule has 1 aliphatic heterocycles. The maximum absolute atomic E-state index is 13.3. The number of carbonyl (C=O) groups is 1. The minimum absolute atomic E-state index is 0.144. The van der Waals surface area contributed by atoms with E-state index in [0.717, 1.165) is 46.3 Å². The molecular formula is C24H22N5O2P. The van der Waals surface area contributed by atoms with E-state index in [1.54, 1.807) is 11.9 Å². The first kappa shape index (κ1) is 20.3. The maximum Gasteiger partial charge on any atom is 0.317 e. The number of carbonyl (C=O) groups excluding carboxylic acids is 1. The first-order chi connectivity index (χ1) is 15.6. The van der Waals surface area contributed by atoms with Gasteiger partial charge in [-0.15, -0.1) is 14.3 Å². The average molecular weight is 443 g/mol. The van der Waals surface area contributed by atoms with Gasteiger partial charge in [0.25, 0.3) is 5.91 Å². The van der Waals surface area contributed by atoms with Gasteiger partial charge in [-0.1, -0.05) is 59.7 Å². The van der Waals surface area contributed by atoms with Crippen LogP contribution < -0.4 is 10.6 Å². The van der Waals surface area contributed by atoms with E-state index in [1.165, 1.54) is 0 Å². The zero-order valence-electron chi connectivity index (χ0n) is 17.5. The molecule has 0 saturated carbocycles. The lowest BCUT2D eigenvalue weighted by molar-refractivity contribution is -0.128. The number of nitrogens with one attached hydrogen (secondary N) is 1. The molecule has 0 radical (unpaired) electrons. The molecule has 1 amide bonds. The zero-order valence-corrected chi connectivity index (χ0v) is 18.7. The highest BCUT2D eigenvalue weighted by atomic mass is 31.0. The molecule has 8 heteroatoms. The Morgan fingerprint density at radius 3 is 2.53 bits per heavy atom. The van der Waals surface area contributed by atoms with Gasteiger partial charge in [0.15, 0.2) is 0 Å². The molecule has 7 nitrogen and oxygen atoms in total. The van der Waals surface area contributed by atoms with Gasteiger partial charge in [-0.3, -0.25) is 4.79 Å². The van der Waals surface area contributed by atoms with Gasteiger partial charge in [0, 0.05) is 29.4 Å². The maximum atomic E-state index is 13.3. The van der Waals surface area contributed by atoms with Crippen molar-refractivity contribution in [2.75, 3.05) is 12.4 Å². The molecule has 0 saturated heterocycles. The minimum atomic E-state index is -0.898. The van der Waals surface area contributed by atoms with Gasteiger partial charge in [-0.25, -0.2) is 4.99 Å². The number of aromatic nitrogens is 2. The quantitative estimate of drug-likeness (QED) is 0.624. The third-order valence-corrected chi connectivity index (χ3v) is 5.84. The number of amides is 1. The third-order valence-electron chi connectivity index (χ3n) is 5.46. The van der Waals surface area contributed by atoms with Crippen LogP contribution in [0.25, 0.3) is 11.5 Å². The van der Waals surface area contributed by atoms with E-state index in [9.17, 15) is 4.79 Å². The number of benzene rings is 2. The summed E-state index contributed by atoms with van der Waals surface area (Å²) in [6.45, 7) is 0. The molecule has 2 atom stereocenters. The van der Waals surface area contributed by atoms with E-state index in [4.69, 9.17) is 9.41 Å². The molecule has 1 N–H and O–H groups in total. The van der Waals surface area contributed by atoms with Crippen LogP contribution >= 0.6 is 9.24 Å². The van der Waals surface area contributed by atoms with Crippen LogP contribution in [0.4, 0.5) is 6.01 Å². The summed E-state index contributed by atoms with van der Waals surface area (Å²) in [4.78, 5) is 19.8. The molecule has 2 heterocycles. The fraction of sp³-hybridized carbons (Fsp3) is 0.167. The smallest absolute Gasteiger partial charge is 0.317 e. The second kappa shape index (κ2) is 8.52. The lowest BCUT2D eigenvalue weighted by atomic mass is 9.94. The summed E-state index contributed by atoms with van der Waals surface area (Å²) in [5, 5.41) is 12.3. The average Bonchev–Trinajstić information content (AvgIpc) is 3.27. The van der Waals surface area contributed by atoms with E-state index in [2.05, 4.69) is 36.9 Å². The number of aliphatic imine (C=N–C) groups is 1. The van der Waals surface area contributed by atoms with Gasteiger partial charge in [-0.05, 0) is 30.3 Å². The highest BCUT2D eigenvalue weighted by Gasteiger charge is 2.33. The number of fused-ring (bicyclic) bond motifs is 1. The largest absolute Gasteiger partial charge is 0.403 e. The summed E-state index contributed by atoms with van der Waals surface area (Å²) in [6.07, 6.45) is 5.14. The van der Waals surface area contributed by atoms with E-state index >= 15 is 0 Å². The SMILES string of the molecule is CN1C(=O)C(Nc2nnc(-c3ccc(P)cc3)o2)N=C(c2ccccc2)C2=CCCC=C21. The highest BCUT2D eigenvalue weighted by molar-refractivity contribution is 7.27. The molecule has 160 valence electrons. The molecule has 0 spiro atoms. The van der Waals surface area contributed by atoms with Crippen molar-refractivity contribution in [1.29, 1.82) is 0 Å². The summed E-state index contributed by atoms with van der Waals surface area (Å²) in [7, 11) is 4.41. The summed E-state index contributed by atoms with van der Waals surface area (Å²) >= 11 is 0. The minimum Gasteiger partial charge on any atom is -0.403 e. The highest BCUT2D eigenvalue weighted by Crippen LogP contribution is 2.30. The van der Waals surface area contributed by atoms with Crippen LogP contribution in [-0.2, 0) is 4.79 Å². The van der Waals surface area contributed by atoms with Crippen LogP contribution in [0.15, 0.2) is 87.4 Å². The summed E-state index contributed by atoms with van der Waals surface area (Å²) in [6, 6.07) is 17.7. The molecule has 1 aliphatic carbocycles. The Hall–Kier alpha value is -3.57. The standard InChI is InChI=1S/C24H22N5O2P/c1-29-19-10-6-5-9-18(19)20(15-7-3-2-4-8-15)25-21(23(29)30)26-24-28-27-22(31-24)16-11-13-17(32)14-12-16/h2-4,7-14,21H,5-6,32H2,1H3,(H,26,28). The van der Waals surface area contributed by atoms with Crippen LogP contribution in [0.5, 0.6) is 0 Å². The van der Waals surface area contributed by atoms with E-state index in [1.807, 2.05) is 54.6 Å². The molecule has 2 unspecified atom stereocenters. The van der Waals surface area contributed by atoms with Crippen molar-refractivity contribution in [3.05, 3.63) is 83.6 Å². The van der Waals surface area contributed by atoms with Gasteiger partial charge >= 0.3 is 6.01 Å². The molecule has 5 rings (SSSR count). The van der Waals surface area contributed by atoms with Gasteiger partial charge < -0.3 is 14.6 Å². The normalized spacial score (nSPS) is 18.3. The lowest BCUT2D eigenvalue weighted by Crippen LogP contribution is -2.38. The number of hydrogen-bond donors (Lipinski definition) is 1. The van der Waals surface area contributed by atoms with E-state index in [0.29, 0.717) is 5.89 Å². The molecule has 0 bridgehead atoms. The Kier molecular flexibility index (Phi) is 5.41. The Bertz CT molecular complexity index is 1240. The second-order valence-corrected chi connectivity index (χ2v) is 8.27. The Morgan fingerprint density at radius 2 is 1.75 bits per heavy atom. The van der Waals surface area contributed by atoms with Crippen LogP contribution in [0.2, 0.25) is 0 Å². The van der Waals surface area contributed by atoms with Crippen molar-refractivity contribution in [2.24, 2.45) is 4.99 Å². The Morgan fingerprint density at radius 1 is 1.00 bits per heavy atom. The zero-order chi connectivity index (χ0) is 22.1. The topological polar surface area (TPSA) is 83.6 Å². The summed E-state index contributed by atoms with van der Waals surface area (Å²) in [5.41, 5.74) is 4.35. The van der Waals surface area contributed by atoms with Crippen molar-refractivity contribution < 1.29 is 9.21 Å². The molecule has 1 aromatic heterocycles. The van der Waals surface area contributed by atoms with Crippen molar-refractivity contribution >= 4 is 32.2 Å². The molecular weight excluding hydrogens is 421 g/mol. The van der Waals surface area contributed by atoms with Crippen molar-refractivity contribution in [1.82, 2.24) is 15.1 Å². The van der Waals surface area contributed by atoms with Crippen LogP contribution in [0.1, 0.15) is 18.4 Å². The molecule has 2 aromatic carbocycles. The monoisotopic (exact) mass is 443 g/mol. The fourth-order valence-electron chi connectivity index (χ4n) is 3.81. The summed E-state index contributed by atoms with van der Waals surface area (Å²) in [5.74, 6) is 0.181. The number of hydrogen-bond acceptors (Lipinski definition) is 6. The number of rotatable bonds is 4. The molecule has 2 aliphatic rings. The first-order valence-corrected chi connectivity index (χ1v) is 11.0. The lowest BCUT2D eigenvalue weighted by Gasteiger charge is -2.24. The van der Waals surface area contributed by atoms with Gasteiger partial charge in [0.2, 0.25) is 12.1 Å². The number of nitrogens with zero attached hydrogens (tertiary/aromatic N) is 4. The van der Waals surface area contributed by atoms with Crippen molar-refractivity contribution in [3.63, 3.8) is 0 Å². The van der Waals surface area contributed by atoms with Crippen LogP contribution in [-0.4, -0.2) is 39.9 Å². The van der Waals surface area contributed by atoms with Gasteiger partial charge in [0.1, 0.15) is 0 Å². The number of likely N-dealkylation sites (N-methyl/N-ethyl adjacent to an activating group) is 1. The number of anilines is 1. The van der Waals surface area contributed by atoms with E-state index in [-0.39, 0.29) is 11.9 Å². The number of allylic oxidation sites excluding steroid dienone is 3. The predicted molar refractivity (Wildman–Crippen MR) is 128 cm³/mol. The van der Waals surface area contributed by atoms with Crippen LogP contribution in [0.3, 0.4) is 0 Å². The van der Waals surface area contributed by atoms with Gasteiger partial charge in [0.05, 0.1) is 5.71 Å². The first-order valence-electron chi connectivity index (χ1n) is 10.4. The van der Waals surface area contributed by atoms with E-state index < -0.39 is 6.17 Å². The third kappa shape index (κ3) is 3.87. The molecule has 32 heavy (non-hydrogen) atoms. The molecule has 3 aromatic rings. The van der Waals surface area contributed by atoms with Crippen LogP contribution in [0, 0.1) is 0 Å². The Labute approximate surface area is 188 Å². The second-order valence-electron chi connectivity index (χ2n) is 7.61.